The highest BCUT2D eigenvalue weighted by Crippen LogP contribution is 2.25. The van der Waals surface area contributed by atoms with Crippen molar-refractivity contribution >= 4 is 36.4 Å². The zero-order valence-corrected chi connectivity index (χ0v) is 16.1. The van der Waals surface area contributed by atoms with E-state index in [-0.39, 0.29) is 23.7 Å². The molecule has 3 amide bonds. The van der Waals surface area contributed by atoms with E-state index in [0.717, 1.165) is 0 Å². The summed E-state index contributed by atoms with van der Waals surface area (Å²) in [5, 5.41) is 23.8. The number of nitrogens with zero attached hydrogens (tertiary/aromatic N) is 1. The van der Waals surface area contributed by atoms with Gasteiger partial charge in [0.05, 0.1) is 6.33 Å². The molecule has 154 valence electrons. The normalized spacial score (nSPS) is 13.0. The van der Waals surface area contributed by atoms with Crippen molar-refractivity contribution in [3.05, 3.63) is 48.1 Å². The number of imidazole rings is 1. The molecule has 10 nitrogen and oxygen atoms in total. The number of benzene rings is 1. The smallest absolute Gasteiger partial charge is 0.244 e. The number of phenolic OH excluding ortho intramolecular Hbond substituents is 2. The molecule has 0 aliphatic rings. The average Bonchev–Trinajstić information content (AvgIpc) is 3.19. The minimum atomic E-state index is -1.01. The Labute approximate surface area is 171 Å². The fourth-order valence-corrected chi connectivity index (χ4v) is 2.61. The summed E-state index contributed by atoms with van der Waals surface area (Å²) in [5.41, 5.74) is 6.28. The molecule has 0 unspecified atom stereocenters. The summed E-state index contributed by atoms with van der Waals surface area (Å²) < 4.78 is 0. The number of carbonyl (C=O) groups is 3. The molecule has 2 atom stereocenters. The van der Waals surface area contributed by atoms with Gasteiger partial charge in [0, 0.05) is 30.1 Å². The molecule has 29 heavy (non-hydrogen) atoms. The van der Waals surface area contributed by atoms with Crippen molar-refractivity contribution in [1.82, 2.24) is 20.6 Å². The van der Waals surface area contributed by atoms with E-state index in [1.807, 2.05) is 0 Å². The number of amides is 3. The third-order valence-electron chi connectivity index (χ3n) is 3.88. The fraction of sp³-hybridized carbons (Fsp3) is 0.222. The molecular formula is C18H21N5O5S. The second kappa shape index (κ2) is 10.2. The molecule has 1 heterocycles. The van der Waals surface area contributed by atoms with Crippen LogP contribution in [0.3, 0.4) is 0 Å². The van der Waals surface area contributed by atoms with Gasteiger partial charge in [-0.05, 0) is 23.8 Å². The maximum absolute atomic E-state index is 12.5. The van der Waals surface area contributed by atoms with Crippen LogP contribution < -0.4 is 16.4 Å². The number of H-pyrrole nitrogens is 1. The highest BCUT2D eigenvalue weighted by Gasteiger charge is 2.25. The summed E-state index contributed by atoms with van der Waals surface area (Å²) in [4.78, 5) is 42.9. The van der Waals surface area contributed by atoms with E-state index in [4.69, 9.17) is 5.73 Å². The number of carbonyl (C=O) groups excluding carboxylic acids is 3. The van der Waals surface area contributed by atoms with Gasteiger partial charge in [-0.25, -0.2) is 4.98 Å². The van der Waals surface area contributed by atoms with Gasteiger partial charge in [0.25, 0.3) is 0 Å². The van der Waals surface area contributed by atoms with Gasteiger partial charge in [0.15, 0.2) is 11.5 Å². The molecule has 2 rings (SSSR count). The van der Waals surface area contributed by atoms with Crippen LogP contribution in [0.15, 0.2) is 36.8 Å². The van der Waals surface area contributed by atoms with Gasteiger partial charge in [-0.3, -0.25) is 14.4 Å². The lowest BCUT2D eigenvalue weighted by atomic mass is 10.1. The van der Waals surface area contributed by atoms with Gasteiger partial charge < -0.3 is 31.6 Å². The number of nitrogens with two attached hydrogens (primary N) is 1. The number of aromatic hydroxyl groups is 2. The van der Waals surface area contributed by atoms with Gasteiger partial charge in [-0.1, -0.05) is 6.07 Å². The monoisotopic (exact) mass is 419 g/mol. The number of aromatic nitrogens is 2. The number of nitrogens with one attached hydrogen (secondary N) is 3. The molecule has 2 aromatic rings. The van der Waals surface area contributed by atoms with Crippen LogP contribution in [0.5, 0.6) is 11.5 Å². The summed E-state index contributed by atoms with van der Waals surface area (Å²) in [6.07, 6.45) is 5.61. The Morgan fingerprint density at radius 1 is 1.21 bits per heavy atom. The maximum Gasteiger partial charge on any atom is 0.244 e. The summed E-state index contributed by atoms with van der Waals surface area (Å²) in [5.74, 6) is -2.53. The maximum atomic E-state index is 12.5. The number of thiol groups is 1. The molecule has 0 fully saturated rings. The van der Waals surface area contributed by atoms with Crippen LogP contribution in [-0.4, -0.2) is 55.7 Å². The predicted molar refractivity (Wildman–Crippen MR) is 108 cm³/mol. The van der Waals surface area contributed by atoms with Crippen LogP contribution in [0.1, 0.15) is 11.3 Å². The van der Waals surface area contributed by atoms with Crippen molar-refractivity contribution in [1.29, 1.82) is 0 Å². The van der Waals surface area contributed by atoms with Crippen molar-refractivity contribution in [3.63, 3.8) is 0 Å². The first-order valence-corrected chi connectivity index (χ1v) is 9.11. The number of phenols is 2. The molecule has 0 aliphatic heterocycles. The van der Waals surface area contributed by atoms with Gasteiger partial charge in [-0.2, -0.15) is 12.6 Å². The number of aromatic amines is 1. The zero-order chi connectivity index (χ0) is 21.4. The quantitative estimate of drug-likeness (QED) is 0.163. The average molecular weight is 419 g/mol. The largest absolute Gasteiger partial charge is 0.504 e. The molecular weight excluding hydrogens is 398 g/mol. The standard InChI is InChI=1S/C18H21N5O5S/c19-17(27)13(8-29)23-18(28)12(6-11-7-20-9-21-11)22-16(26)4-2-10-1-3-14(24)15(25)5-10/h1-5,7,9,12-13,24-25,29H,6,8H2,(H2,19,27)(H,20,21)(H,22,26)(H,23,28)/b4-2+/t12-,13-/m0/s1. The van der Waals surface area contributed by atoms with Crippen molar-refractivity contribution in [2.45, 2.75) is 18.5 Å². The van der Waals surface area contributed by atoms with Crippen molar-refractivity contribution in [3.8, 4) is 11.5 Å². The summed E-state index contributed by atoms with van der Waals surface area (Å²) in [6.45, 7) is 0. The van der Waals surface area contributed by atoms with E-state index in [1.165, 1.54) is 42.9 Å². The fourth-order valence-electron chi connectivity index (χ4n) is 2.34. The van der Waals surface area contributed by atoms with E-state index < -0.39 is 29.8 Å². The minimum absolute atomic E-state index is 0.00997. The van der Waals surface area contributed by atoms with E-state index in [1.54, 1.807) is 0 Å². The minimum Gasteiger partial charge on any atom is -0.504 e. The van der Waals surface area contributed by atoms with E-state index in [2.05, 4.69) is 33.2 Å². The Kier molecular flexibility index (Phi) is 7.66. The third-order valence-corrected chi connectivity index (χ3v) is 4.25. The Bertz CT molecular complexity index is 900. The van der Waals surface area contributed by atoms with Crippen molar-refractivity contribution in [2.75, 3.05) is 5.75 Å². The highest BCUT2D eigenvalue weighted by atomic mass is 32.1. The van der Waals surface area contributed by atoms with E-state index in [9.17, 15) is 24.6 Å². The molecule has 1 aromatic heterocycles. The first-order chi connectivity index (χ1) is 13.8. The number of primary amides is 1. The predicted octanol–water partition coefficient (Wildman–Crippen LogP) is -0.538. The molecule has 0 bridgehead atoms. The van der Waals surface area contributed by atoms with Crippen LogP contribution in [0.4, 0.5) is 0 Å². The summed E-state index contributed by atoms with van der Waals surface area (Å²) in [7, 11) is 0. The number of hydrogen-bond donors (Lipinski definition) is 7. The second-order valence-electron chi connectivity index (χ2n) is 6.07. The van der Waals surface area contributed by atoms with Crippen LogP contribution >= 0.6 is 12.6 Å². The molecule has 7 N–H and O–H groups in total. The second-order valence-corrected chi connectivity index (χ2v) is 6.43. The lowest BCUT2D eigenvalue weighted by Crippen LogP contribution is -2.54. The van der Waals surface area contributed by atoms with E-state index >= 15 is 0 Å². The Morgan fingerprint density at radius 3 is 2.55 bits per heavy atom. The summed E-state index contributed by atoms with van der Waals surface area (Å²) >= 11 is 3.98. The topological polar surface area (TPSA) is 170 Å². The van der Waals surface area contributed by atoms with Crippen molar-refractivity contribution < 1.29 is 24.6 Å². The van der Waals surface area contributed by atoms with E-state index in [0.29, 0.717) is 11.3 Å². The van der Waals surface area contributed by atoms with Crippen molar-refractivity contribution in [2.24, 2.45) is 5.73 Å². The Hall–Kier alpha value is -3.47. The van der Waals surface area contributed by atoms with Crippen LogP contribution in [-0.2, 0) is 20.8 Å². The first-order valence-electron chi connectivity index (χ1n) is 8.48. The lowest BCUT2D eigenvalue weighted by molar-refractivity contribution is -0.130. The first kappa shape index (κ1) is 21.8. The highest BCUT2D eigenvalue weighted by molar-refractivity contribution is 7.80. The number of hydrogen-bond acceptors (Lipinski definition) is 7. The third kappa shape index (κ3) is 6.57. The van der Waals surface area contributed by atoms with Crippen LogP contribution in [0.2, 0.25) is 0 Å². The molecule has 0 radical (unpaired) electrons. The van der Waals surface area contributed by atoms with Gasteiger partial charge in [-0.15, -0.1) is 0 Å². The molecule has 0 aliphatic carbocycles. The molecule has 0 saturated heterocycles. The lowest BCUT2D eigenvalue weighted by Gasteiger charge is -2.20. The van der Waals surface area contributed by atoms with Gasteiger partial charge in [0.1, 0.15) is 12.1 Å². The molecule has 0 saturated carbocycles. The van der Waals surface area contributed by atoms with Gasteiger partial charge >= 0.3 is 0 Å². The van der Waals surface area contributed by atoms with Crippen LogP contribution in [0, 0.1) is 0 Å². The Morgan fingerprint density at radius 2 is 1.97 bits per heavy atom. The summed E-state index contributed by atoms with van der Waals surface area (Å²) in [6, 6.07) is 2.06. The SMILES string of the molecule is NC(=O)[C@H](CS)NC(=O)[C@H](Cc1cnc[nH]1)NC(=O)/C=C/c1ccc(O)c(O)c1. The zero-order valence-electron chi connectivity index (χ0n) is 15.2. The van der Waals surface area contributed by atoms with Crippen LogP contribution in [0.25, 0.3) is 6.08 Å². The van der Waals surface area contributed by atoms with Gasteiger partial charge in [0.2, 0.25) is 17.7 Å². The Balaban J connectivity index is 2.10. The molecule has 1 aromatic carbocycles. The molecule has 0 spiro atoms. The number of rotatable bonds is 9. The molecule has 11 heteroatoms.